The maximum atomic E-state index is 11.2. The molecule has 0 N–H and O–H groups in total. The summed E-state index contributed by atoms with van der Waals surface area (Å²) in [4.78, 5) is 20.9. The molecule has 92 valence electrons. The Balaban J connectivity index is 2.98. The van der Waals surface area contributed by atoms with Gasteiger partial charge in [-0.05, 0) is 6.07 Å². The Morgan fingerprint density at radius 1 is 1.65 bits per heavy atom. The normalized spacial score (nSPS) is 11.9. The molecule has 7 heteroatoms. The van der Waals surface area contributed by atoms with Crippen LogP contribution in [0.1, 0.15) is 5.56 Å². The fourth-order valence-electron chi connectivity index (χ4n) is 1.28. The lowest BCUT2D eigenvalue weighted by Crippen LogP contribution is -2.18. The van der Waals surface area contributed by atoms with Gasteiger partial charge in [-0.2, -0.15) is 0 Å². The van der Waals surface area contributed by atoms with Gasteiger partial charge in [0.25, 0.3) is 5.69 Å². The molecule has 0 amide bonds. The molecule has 0 saturated heterocycles. The fourth-order valence-corrected chi connectivity index (χ4v) is 1.99. The monoisotopic (exact) mass is 321 g/mol. The predicted molar refractivity (Wildman–Crippen MR) is 66.5 cm³/mol. The van der Waals surface area contributed by atoms with Gasteiger partial charge in [-0.3, -0.25) is 14.9 Å². The second-order valence-corrected chi connectivity index (χ2v) is 4.77. The van der Waals surface area contributed by atoms with E-state index in [1.165, 1.54) is 19.2 Å². The van der Waals surface area contributed by atoms with Gasteiger partial charge in [0.15, 0.2) is 0 Å². The average molecular weight is 323 g/mol. The van der Waals surface area contributed by atoms with E-state index in [1.807, 2.05) is 0 Å². The number of methoxy groups -OCH3 is 1. The van der Waals surface area contributed by atoms with Gasteiger partial charge in [0.05, 0.1) is 12.0 Å². The quantitative estimate of drug-likeness (QED) is 0.370. The van der Waals surface area contributed by atoms with Crippen LogP contribution in [0, 0.1) is 10.1 Å². The number of nitrogens with zero attached hydrogens (tertiary/aromatic N) is 1. The first kappa shape index (κ1) is 13.9. The molecule has 1 unspecified atom stereocenters. The van der Waals surface area contributed by atoms with Crippen LogP contribution in [0.25, 0.3) is 0 Å². The molecule has 1 atom stereocenters. The molecular formula is C10H9BrClNO4. The third-order valence-corrected chi connectivity index (χ3v) is 3.03. The fraction of sp³-hybridized carbons (Fsp3) is 0.300. The highest BCUT2D eigenvalue weighted by Gasteiger charge is 2.21. The Labute approximate surface area is 111 Å². The maximum Gasteiger partial charge on any atom is 0.319 e. The first-order chi connectivity index (χ1) is 7.95. The number of nitro groups is 1. The molecule has 5 nitrogen and oxygen atoms in total. The molecule has 0 aliphatic heterocycles. The molecule has 0 fully saturated rings. The second-order valence-electron chi connectivity index (χ2n) is 3.22. The summed E-state index contributed by atoms with van der Waals surface area (Å²) in [5.74, 6) is -0.478. The topological polar surface area (TPSA) is 69.4 Å². The molecule has 0 aliphatic carbocycles. The first-order valence-corrected chi connectivity index (χ1v) is 5.89. The average Bonchev–Trinajstić information content (AvgIpc) is 2.29. The van der Waals surface area contributed by atoms with Gasteiger partial charge in [-0.1, -0.05) is 33.6 Å². The van der Waals surface area contributed by atoms with E-state index in [-0.39, 0.29) is 17.1 Å². The van der Waals surface area contributed by atoms with E-state index in [0.29, 0.717) is 5.56 Å². The second kappa shape index (κ2) is 5.97. The molecule has 17 heavy (non-hydrogen) atoms. The van der Waals surface area contributed by atoms with Crippen LogP contribution >= 0.6 is 27.5 Å². The van der Waals surface area contributed by atoms with Crippen molar-refractivity contribution in [2.24, 2.45) is 0 Å². The Hall–Kier alpha value is -1.14. The Bertz CT molecular complexity index is 452. The third kappa shape index (κ3) is 3.67. The standard InChI is InChI=1S/C10H9BrClNO4/c1-17-10(14)8(11)4-6-2-3-7(12)5-9(6)13(15)16/h2-3,5,8H,4H2,1H3. The van der Waals surface area contributed by atoms with Crippen molar-refractivity contribution in [1.82, 2.24) is 0 Å². The lowest BCUT2D eigenvalue weighted by atomic mass is 10.1. The minimum Gasteiger partial charge on any atom is -0.468 e. The van der Waals surface area contributed by atoms with Gasteiger partial charge >= 0.3 is 5.97 Å². The summed E-state index contributed by atoms with van der Waals surface area (Å²) in [6.45, 7) is 0. The van der Waals surface area contributed by atoms with E-state index < -0.39 is 15.7 Å². The van der Waals surface area contributed by atoms with Crippen LogP contribution in [0.5, 0.6) is 0 Å². The number of hydrogen-bond donors (Lipinski definition) is 0. The summed E-state index contributed by atoms with van der Waals surface area (Å²) < 4.78 is 4.53. The van der Waals surface area contributed by atoms with Crippen molar-refractivity contribution in [2.45, 2.75) is 11.2 Å². The summed E-state index contributed by atoms with van der Waals surface area (Å²) in [6.07, 6.45) is 0.167. The zero-order valence-corrected chi connectivity index (χ0v) is 11.2. The lowest BCUT2D eigenvalue weighted by Gasteiger charge is -2.08. The van der Waals surface area contributed by atoms with E-state index in [0.717, 1.165) is 0 Å². The van der Waals surface area contributed by atoms with Gasteiger partial charge < -0.3 is 4.74 Å². The molecule has 0 saturated carbocycles. The van der Waals surface area contributed by atoms with E-state index in [1.54, 1.807) is 6.07 Å². The van der Waals surface area contributed by atoms with Crippen LogP contribution in [-0.4, -0.2) is 22.8 Å². The summed E-state index contributed by atoms with van der Waals surface area (Å²) in [7, 11) is 1.26. The molecule has 0 aromatic heterocycles. The minimum atomic E-state index is -0.618. The SMILES string of the molecule is COC(=O)C(Br)Cc1ccc(Cl)cc1[N+](=O)[O-]. The van der Waals surface area contributed by atoms with Crippen molar-refractivity contribution >= 4 is 39.2 Å². The van der Waals surface area contributed by atoms with Crippen molar-refractivity contribution in [3.05, 3.63) is 38.9 Å². The van der Waals surface area contributed by atoms with Crippen LogP contribution in [0.3, 0.4) is 0 Å². The molecule has 0 spiro atoms. The molecular weight excluding hydrogens is 313 g/mol. The lowest BCUT2D eigenvalue weighted by molar-refractivity contribution is -0.385. The van der Waals surface area contributed by atoms with Gasteiger partial charge in [0.1, 0.15) is 4.83 Å². The Kier molecular flexibility index (Phi) is 4.89. The number of carbonyl (C=O) groups is 1. The largest absolute Gasteiger partial charge is 0.468 e. The summed E-state index contributed by atoms with van der Waals surface area (Å²) in [5.41, 5.74) is 0.317. The molecule has 0 bridgehead atoms. The molecule has 1 aromatic rings. The number of esters is 1. The van der Waals surface area contributed by atoms with Gasteiger partial charge in [-0.15, -0.1) is 0 Å². The molecule has 1 aromatic carbocycles. The van der Waals surface area contributed by atoms with E-state index in [2.05, 4.69) is 20.7 Å². The van der Waals surface area contributed by atoms with Crippen LogP contribution in [-0.2, 0) is 16.0 Å². The third-order valence-electron chi connectivity index (χ3n) is 2.10. The summed E-state index contributed by atoms with van der Waals surface area (Å²) in [6, 6.07) is 4.33. The number of alkyl halides is 1. The molecule has 0 heterocycles. The molecule has 0 radical (unpaired) electrons. The van der Waals surface area contributed by atoms with Crippen LogP contribution in [0.15, 0.2) is 18.2 Å². The number of hydrogen-bond acceptors (Lipinski definition) is 4. The number of ether oxygens (including phenoxy) is 1. The number of carbonyl (C=O) groups excluding carboxylic acids is 1. The first-order valence-electron chi connectivity index (χ1n) is 4.60. The predicted octanol–water partition coefficient (Wildman–Crippen LogP) is 2.73. The zero-order valence-electron chi connectivity index (χ0n) is 8.85. The van der Waals surface area contributed by atoms with Gasteiger partial charge in [0.2, 0.25) is 0 Å². The highest BCUT2D eigenvalue weighted by molar-refractivity contribution is 9.10. The number of rotatable bonds is 4. The zero-order chi connectivity index (χ0) is 13.0. The maximum absolute atomic E-state index is 11.2. The smallest absolute Gasteiger partial charge is 0.319 e. The Morgan fingerprint density at radius 3 is 2.82 bits per heavy atom. The van der Waals surface area contributed by atoms with Crippen LogP contribution in [0.2, 0.25) is 5.02 Å². The van der Waals surface area contributed by atoms with E-state index >= 15 is 0 Å². The number of halogens is 2. The van der Waals surface area contributed by atoms with Crippen molar-refractivity contribution in [2.75, 3.05) is 7.11 Å². The number of benzene rings is 1. The highest BCUT2D eigenvalue weighted by atomic mass is 79.9. The van der Waals surface area contributed by atoms with Gasteiger partial charge in [-0.25, -0.2) is 0 Å². The van der Waals surface area contributed by atoms with Crippen molar-refractivity contribution in [3.63, 3.8) is 0 Å². The van der Waals surface area contributed by atoms with Crippen molar-refractivity contribution < 1.29 is 14.5 Å². The van der Waals surface area contributed by atoms with E-state index in [4.69, 9.17) is 11.6 Å². The molecule has 0 aliphatic rings. The summed E-state index contributed by atoms with van der Waals surface area (Å²) in [5, 5.41) is 11.1. The van der Waals surface area contributed by atoms with Crippen molar-refractivity contribution in [1.29, 1.82) is 0 Å². The number of nitro benzene ring substituents is 1. The highest BCUT2D eigenvalue weighted by Crippen LogP contribution is 2.25. The van der Waals surface area contributed by atoms with Gasteiger partial charge in [0, 0.05) is 23.1 Å². The summed E-state index contributed by atoms with van der Waals surface area (Å²) >= 11 is 8.79. The molecule has 1 rings (SSSR count). The van der Waals surface area contributed by atoms with Crippen molar-refractivity contribution in [3.8, 4) is 0 Å². The van der Waals surface area contributed by atoms with Crippen LogP contribution in [0.4, 0.5) is 5.69 Å². The van der Waals surface area contributed by atoms with Crippen LogP contribution < -0.4 is 0 Å². The minimum absolute atomic E-state index is 0.106. The Morgan fingerprint density at radius 2 is 2.29 bits per heavy atom. The van der Waals surface area contributed by atoms with E-state index in [9.17, 15) is 14.9 Å².